The van der Waals surface area contributed by atoms with Crippen molar-refractivity contribution >= 4 is 0 Å². The van der Waals surface area contributed by atoms with Gasteiger partial charge in [0.15, 0.2) is 0 Å². The molecule has 3 nitrogen and oxygen atoms in total. The molecule has 0 aliphatic carbocycles. The number of nitrogens with zero attached hydrogens (tertiary/aromatic N) is 2. The lowest BCUT2D eigenvalue weighted by Crippen LogP contribution is -2.01. The zero-order valence-electron chi connectivity index (χ0n) is 5.41. The van der Waals surface area contributed by atoms with Crippen molar-refractivity contribution in [3.8, 4) is 0 Å². The van der Waals surface area contributed by atoms with Crippen molar-refractivity contribution in [1.29, 1.82) is 0 Å². The van der Waals surface area contributed by atoms with Gasteiger partial charge < -0.3 is 9.67 Å². The van der Waals surface area contributed by atoms with Gasteiger partial charge >= 0.3 is 0 Å². The van der Waals surface area contributed by atoms with E-state index in [-0.39, 0.29) is 6.61 Å². The highest BCUT2D eigenvalue weighted by atomic mass is 16.3. The summed E-state index contributed by atoms with van der Waals surface area (Å²) in [5.74, 6) is 0. The Morgan fingerprint density at radius 2 is 2.56 bits per heavy atom. The van der Waals surface area contributed by atoms with Crippen LogP contribution in [0.4, 0.5) is 0 Å². The van der Waals surface area contributed by atoms with E-state index in [9.17, 15) is 0 Å². The number of hydrogen-bond acceptors (Lipinski definition) is 2. The molecule has 1 N–H and O–H groups in total. The highest BCUT2D eigenvalue weighted by Crippen LogP contribution is 1.93. The number of aliphatic hydroxyl groups excluding tert-OH is 1. The van der Waals surface area contributed by atoms with E-state index in [1.54, 1.807) is 12.5 Å². The Labute approximate surface area is 54.0 Å². The molecule has 1 rings (SSSR count). The van der Waals surface area contributed by atoms with Crippen LogP contribution < -0.4 is 0 Å². The molecule has 0 radical (unpaired) electrons. The maximum absolute atomic E-state index is 8.51. The van der Waals surface area contributed by atoms with Gasteiger partial charge in [-0.2, -0.15) is 0 Å². The first-order valence-corrected chi connectivity index (χ1v) is 2.92. The molecule has 0 spiro atoms. The van der Waals surface area contributed by atoms with E-state index in [0.29, 0.717) is 6.54 Å². The largest absolute Gasteiger partial charge is 0.395 e. The van der Waals surface area contributed by atoms with Gasteiger partial charge in [0.1, 0.15) is 0 Å². The molecule has 0 aromatic carbocycles. The van der Waals surface area contributed by atoms with Crippen LogP contribution in [0.5, 0.6) is 0 Å². The van der Waals surface area contributed by atoms with E-state index < -0.39 is 0 Å². The molecular formula is C6H10N2O. The molecule has 9 heavy (non-hydrogen) atoms. The molecular weight excluding hydrogens is 116 g/mol. The van der Waals surface area contributed by atoms with Crippen LogP contribution in [0.3, 0.4) is 0 Å². The van der Waals surface area contributed by atoms with E-state index in [0.717, 1.165) is 5.69 Å². The first kappa shape index (κ1) is 6.29. The highest BCUT2D eigenvalue weighted by Gasteiger charge is 1.91. The molecule has 0 aliphatic rings. The molecule has 0 fully saturated rings. The number of aryl methyl sites for hydroxylation is 1. The Kier molecular flexibility index (Phi) is 1.85. The van der Waals surface area contributed by atoms with Crippen LogP contribution in [-0.2, 0) is 6.54 Å². The van der Waals surface area contributed by atoms with Gasteiger partial charge in [-0.3, -0.25) is 0 Å². The molecule has 1 aromatic rings. The summed E-state index contributed by atoms with van der Waals surface area (Å²) in [6.45, 7) is 2.78. The second-order valence-corrected chi connectivity index (χ2v) is 1.95. The van der Waals surface area contributed by atoms with Crippen molar-refractivity contribution in [2.24, 2.45) is 0 Å². The third-order valence-corrected chi connectivity index (χ3v) is 1.26. The van der Waals surface area contributed by atoms with Crippen LogP contribution in [0.15, 0.2) is 12.5 Å². The molecule has 50 valence electrons. The third kappa shape index (κ3) is 1.29. The Balaban J connectivity index is 2.69. The molecule has 0 atom stereocenters. The molecule has 0 unspecified atom stereocenters. The quantitative estimate of drug-likeness (QED) is 0.614. The second kappa shape index (κ2) is 2.64. The normalized spacial score (nSPS) is 10.0. The standard InChI is InChI=1S/C6H10N2O/c1-6-4-7-5-8(6)2-3-9/h4-5,9H,2-3H2,1H3. The molecule has 0 saturated heterocycles. The number of aliphatic hydroxyl groups is 1. The van der Waals surface area contributed by atoms with Gasteiger partial charge in [-0.05, 0) is 6.92 Å². The summed E-state index contributed by atoms with van der Waals surface area (Å²) in [7, 11) is 0. The fourth-order valence-electron chi connectivity index (χ4n) is 0.729. The smallest absolute Gasteiger partial charge is 0.0948 e. The summed E-state index contributed by atoms with van der Waals surface area (Å²) in [4.78, 5) is 3.89. The van der Waals surface area contributed by atoms with E-state index in [1.165, 1.54) is 0 Å². The molecule has 0 amide bonds. The van der Waals surface area contributed by atoms with Crippen LogP contribution in [0.2, 0.25) is 0 Å². The molecule has 1 heterocycles. The zero-order chi connectivity index (χ0) is 6.69. The van der Waals surface area contributed by atoms with Gasteiger partial charge in [0.2, 0.25) is 0 Å². The van der Waals surface area contributed by atoms with Crippen molar-refractivity contribution in [1.82, 2.24) is 9.55 Å². The summed E-state index contributed by atoms with van der Waals surface area (Å²) < 4.78 is 1.90. The van der Waals surface area contributed by atoms with E-state index >= 15 is 0 Å². The summed E-state index contributed by atoms with van der Waals surface area (Å²) in [5.41, 5.74) is 1.09. The maximum Gasteiger partial charge on any atom is 0.0948 e. The number of rotatable bonds is 2. The van der Waals surface area contributed by atoms with Gasteiger partial charge in [-0.15, -0.1) is 0 Å². The Morgan fingerprint density at radius 1 is 1.78 bits per heavy atom. The van der Waals surface area contributed by atoms with E-state index in [2.05, 4.69) is 4.98 Å². The van der Waals surface area contributed by atoms with Gasteiger partial charge in [0.05, 0.1) is 12.9 Å². The van der Waals surface area contributed by atoms with Crippen LogP contribution >= 0.6 is 0 Å². The summed E-state index contributed by atoms with van der Waals surface area (Å²) in [6, 6.07) is 0. The van der Waals surface area contributed by atoms with Gasteiger partial charge in [0.25, 0.3) is 0 Å². The maximum atomic E-state index is 8.51. The van der Waals surface area contributed by atoms with Crippen LogP contribution in [0.25, 0.3) is 0 Å². The second-order valence-electron chi connectivity index (χ2n) is 1.95. The highest BCUT2D eigenvalue weighted by molar-refractivity contribution is 4.93. The number of imidazole rings is 1. The first-order valence-electron chi connectivity index (χ1n) is 2.92. The summed E-state index contributed by atoms with van der Waals surface area (Å²) >= 11 is 0. The zero-order valence-corrected chi connectivity index (χ0v) is 5.41. The first-order chi connectivity index (χ1) is 4.34. The lowest BCUT2D eigenvalue weighted by molar-refractivity contribution is 0.275. The lowest BCUT2D eigenvalue weighted by atomic mass is 10.5. The van der Waals surface area contributed by atoms with Gasteiger partial charge in [0, 0.05) is 18.4 Å². The van der Waals surface area contributed by atoms with E-state index in [1.807, 2.05) is 11.5 Å². The van der Waals surface area contributed by atoms with Crippen LogP contribution in [-0.4, -0.2) is 21.3 Å². The predicted molar refractivity (Wildman–Crippen MR) is 34.0 cm³/mol. The summed E-state index contributed by atoms with van der Waals surface area (Å²) in [5, 5.41) is 8.51. The molecule has 0 bridgehead atoms. The topological polar surface area (TPSA) is 38.0 Å². The van der Waals surface area contributed by atoms with Crippen molar-refractivity contribution in [3.63, 3.8) is 0 Å². The third-order valence-electron chi connectivity index (χ3n) is 1.26. The average molecular weight is 126 g/mol. The minimum absolute atomic E-state index is 0.178. The monoisotopic (exact) mass is 126 g/mol. The Bertz CT molecular complexity index is 183. The fourth-order valence-corrected chi connectivity index (χ4v) is 0.729. The van der Waals surface area contributed by atoms with Crippen molar-refractivity contribution < 1.29 is 5.11 Å². The lowest BCUT2D eigenvalue weighted by Gasteiger charge is -1.98. The van der Waals surface area contributed by atoms with Crippen LogP contribution in [0, 0.1) is 6.92 Å². The minimum atomic E-state index is 0.178. The molecule has 0 saturated carbocycles. The van der Waals surface area contributed by atoms with Gasteiger partial charge in [-0.25, -0.2) is 4.98 Å². The number of hydrogen-bond donors (Lipinski definition) is 1. The summed E-state index contributed by atoms with van der Waals surface area (Å²) in [6.07, 6.45) is 3.49. The van der Waals surface area contributed by atoms with Gasteiger partial charge in [-0.1, -0.05) is 0 Å². The van der Waals surface area contributed by atoms with Crippen molar-refractivity contribution in [2.45, 2.75) is 13.5 Å². The molecule has 0 aliphatic heterocycles. The van der Waals surface area contributed by atoms with Crippen molar-refractivity contribution in [3.05, 3.63) is 18.2 Å². The fraction of sp³-hybridized carbons (Fsp3) is 0.500. The molecule has 3 heteroatoms. The average Bonchev–Trinajstić information content (AvgIpc) is 2.18. The Hall–Kier alpha value is -0.830. The predicted octanol–water partition coefficient (Wildman–Crippen LogP) is 0.184. The Morgan fingerprint density at radius 3 is 3.00 bits per heavy atom. The van der Waals surface area contributed by atoms with E-state index in [4.69, 9.17) is 5.11 Å². The van der Waals surface area contributed by atoms with Crippen molar-refractivity contribution in [2.75, 3.05) is 6.61 Å². The number of aromatic nitrogens is 2. The SMILES string of the molecule is Cc1cncn1CCO. The molecule has 1 aromatic heterocycles. The minimum Gasteiger partial charge on any atom is -0.395 e. The van der Waals surface area contributed by atoms with Crippen LogP contribution in [0.1, 0.15) is 5.69 Å².